The molecule has 1 aliphatic heterocycles. The number of nitrogens with one attached hydrogen (secondary N) is 1. The van der Waals surface area contributed by atoms with E-state index < -0.39 is 11.8 Å². The van der Waals surface area contributed by atoms with Gasteiger partial charge in [-0.1, -0.05) is 0 Å². The first kappa shape index (κ1) is 15.2. The molecule has 1 atom stereocenters. The summed E-state index contributed by atoms with van der Waals surface area (Å²) in [5, 5.41) is 12.2. The maximum atomic E-state index is 14.2. The van der Waals surface area contributed by atoms with Gasteiger partial charge >= 0.3 is 5.97 Å². The second-order valence-corrected chi connectivity index (χ2v) is 5.47. The highest BCUT2D eigenvalue weighted by atomic mass is 19.1. The van der Waals surface area contributed by atoms with Crippen LogP contribution < -0.4 is 10.2 Å². The molecule has 2 heterocycles. The van der Waals surface area contributed by atoms with Gasteiger partial charge < -0.3 is 15.3 Å². The van der Waals surface area contributed by atoms with Crippen LogP contribution in [-0.4, -0.2) is 40.2 Å². The lowest BCUT2D eigenvalue weighted by molar-refractivity contribution is 0.0696. The van der Waals surface area contributed by atoms with Crippen molar-refractivity contribution in [2.75, 3.05) is 23.3 Å². The number of aromatic nitrogens is 2. The number of benzene rings is 1. The van der Waals surface area contributed by atoms with Crippen LogP contribution in [0, 0.1) is 5.82 Å². The predicted molar refractivity (Wildman–Crippen MR) is 84.2 cm³/mol. The number of hydrogen-bond acceptors (Lipinski definition) is 5. The van der Waals surface area contributed by atoms with Gasteiger partial charge in [0.25, 0.3) is 0 Å². The molecule has 1 aromatic carbocycles. The zero-order valence-electron chi connectivity index (χ0n) is 12.4. The molecule has 0 unspecified atom stereocenters. The van der Waals surface area contributed by atoms with Crippen molar-refractivity contribution in [3.05, 3.63) is 48.0 Å². The summed E-state index contributed by atoms with van der Waals surface area (Å²) in [5.41, 5.74) is 0.381. The fourth-order valence-corrected chi connectivity index (χ4v) is 2.77. The van der Waals surface area contributed by atoms with Crippen LogP contribution in [0.5, 0.6) is 0 Å². The third-order valence-electron chi connectivity index (χ3n) is 3.86. The van der Waals surface area contributed by atoms with Gasteiger partial charge in [0.2, 0.25) is 5.95 Å². The van der Waals surface area contributed by atoms with Crippen molar-refractivity contribution in [1.29, 1.82) is 0 Å². The van der Waals surface area contributed by atoms with Crippen LogP contribution in [0.4, 0.5) is 16.0 Å². The van der Waals surface area contributed by atoms with Crippen LogP contribution in [0.1, 0.15) is 23.2 Å². The minimum absolute atomic E-state index is 0.0457. The topological polar surface area (TPSA) is 78.4 Å². The smallest absolute Gasteiger partial charge is 0.335 e. The highest BCUT2D eigenvalue weighted by Crippen LogP contribution is 2.25. The van der Waals surface area contributed by atoms with Gasteiger partial charge in [-0.15, -0.1) is 0 Å². The molecule has 0 spiro atoms. The zero-order chi connectivity index (χ0) is 16.2. The molecular weight excluding hydrogens is 299 g/mol. The molecule has 0 aliphatic carbocycles. The first-order valence-corrected chi connectivity index (χ1v) is 7.45. The predicted octanol–water partition coefficient (Wildman–Crippen LogP) is 2.39. The maximum Gasteiger partial charge on any atom is 0.335 e. The molecule has 0 bridgehead atoms. The summed E-state index contributed by atoms with van der Waals surface area (Å²) >= 11 is 0. The number of anilines is 2. The summed E-state index contributed by atoms with van der Waals surface area (Å²) in [5.74, 6) is -1.09. The minimum Gasteiger partial charge on any atom is -0.478 e. The average Bonchev–Trinajstić information content (AvgIpc) is 2.56. The first-order chi connectivity index (χ1) is 11.1. The van der Waals surface area contributed by atoms with Gasteiger partial charge in [0.15, 0.2) is 0 Å². The number of hydrogen-bond donors (Lipinski definition) is 2. The molecule has 23 heavy (non-hydrogen) atoms. The molecule has 0 amide bonds. The molecule has 1 fully saturated rings. The number of aromatic carboxylic acids is 1. The normalized spacial score (nSPS) is 17.8. The molecule has 1 saturated heterocycles. The van der Waals surface area contributed by atoms with Crippen LogP contribution in [0.3, 0.4) is 0 Å². The third kappa shape index (κ3) is 3.56. The zero-order valence-corrected chi connectivity index (χ0v) is 12.4. The van der Waals surface area contributed by atoms with Crippen LogP contribution in [0.2, 0.25) is 0 Å². The van der Waals surface area contributed by atoms with E-state index in [2.05, 4.69) is 15.3 Å². The van der Waals surface area contributed by atoms with E-state index in [9.17, 15) is 9.18 Å². The Labute approximate surface area is 133 Å². The SMILES string of the molecule is O=C(O)c1ccc(N2CCC[C@H](Nc3ncccn3)C2)c(F)c1. The summed E-state index contributed by atoms with van der Waals surface area (Å²) in [6.07, 6.45) is 5.19. The van der Waals surface area contributed by atoms with E-state index in [0.29, 0.717) is 18.2 Å². The molecule has 7 heteroatoms. The number of halogens is 1. The Morgan fingerprint density at radius 1 is 1.35 bits per heavy atom. The van der Waals surface area contributed by atoms with E-state index in [0.717, 1.165) is 25.5 Å². The number of carboxylic acids is 1. The van der Waals surface area contributed by atoms with Crippen LogP contribution >= 0.6 is 0 Å². The summed E-state index contributed by atoms with van der Waals surface area (Å²) in [4.78, 5) is 21.1. The van der Waals surface area contributed by atoms with Gasteiger partial charge in [-0.05, 0) is 37.1 Å². The molecule has 1 aromatic heterocycles. The van der Waals surface area contributed by atoms with E-state index in [4.69, 9.17) is 5.11 Å². The quantitative estimate of drug-likeness (QED) is 0.902. The maximum absolute atomic E-state index is 14.2. The summed E-state index contributed by atoms with van der Waals surface area (Å²) in [7, 11) is 0. The fourth-order valence-electron chi connectivity index (χ4n) is 2.77. The number of carbonyl (C=O) groups is 1. The van der Waals surface area contributed by atoms with Gasteiger partial charge in [0.05, 0.1) is 11.3 Å². The van der Waals surface area contributed by atoms with Crippen molar-refractivity contribution < 1.29 is 14.3 Å². The largest absolute Gasteiger partial charge is 0.478 e. The minimum atomic E-state index is -1.13. The van der Waals surface area contributed by atoms with Crippen molar-refractivity contribution in [3.63, 3.8) is 0 Å². The molecule has 2 aromatic rings. The van der Waals surface area contributed by atoms with E-state index in [1.54, 1.807) is 18.5 Å². The number of nitrogens with zero attached hydrogens (tertiary/aromatic N) is 3. The highest BCUT2D eigenvalue weighted by Gasteiger charge is 2.23. The Morgan fingerprint density at radius 2 is 2.13 bits per heavy atom. The third-order valence-corrected chi connectivity index (χ3v) is 3.86. The molecule has 3 rings (SSSR count). The van der Waals surface area contributed by atoms with Gasteiger partial charge in [-0.25, -0.2) is 19.2 Å². The molecule has 0 saturated carbocycles. The lowest BCUT2D eigenvalue weighted by Crippen LogP contribution is -2.42. The van der Waals surface area contributed by atoms with E-state index in [1.807, 2.05) is 4.90 Å². The Morgan fingerprint density at radius 3 is 2.83 bits per heavy atom. The van der Waals surface area contributed by atoms with Gasteiger partial charge in [-0.3, -0.25) is 0 Å². The Kier molecular flexibility index (Phi) is 4.36. The van der Waals surface area contributed by atoms with Crippen LogP contribution in [0.25, 0.3) is 0 Å². The van der Waals surface area contributed by atoms with Crippen LogP contribution in [0.15, 0.2) is 36.7 Å². The summed E-state index contributed by atoms with van der Waals surface area (Å²) in [6.45, 7) is 1.35. The molecule has 6 nitrogen and oxygen atoms in total. The Hall–Kier alpha value is -2.70. The molecule has 2 N–H and O–H groups in total. The fraction of sp³-hybridized carbons (Fsp3) is 0.312. The van der Waals surface area contributed by atoms with E-state index >= 15 is 0 Å². The van der Waals surface area contributed by atoms with Crippen molar-refractivity contribution in [1.82, 2.24) is 9.97 Å². The Bertz CT molecular complexity index is 696. The van der Waals surface area contributed by atoms with Crippen molar-refractivity contribution in [3.8, 4) is 0 Å². The van der Waals surface area contributed by atoms with Crippen molar-refractivity contribution in [2.24, 2.45) is 0 Å². The standard InChI is InChI=1S/C16H17FN4O2/c17-13-9-11(15(22)23)4-5-14(13)21-8-1-3-12(10-21)20-16-18-6-2-7-19-16/h2,4-7,9,12H,1,3,8,10H2,(H,22,23)(H,18,19,20)/t12-/m0/s1. The molecule has 120 valence electrons. The second-order valence-electron chi connectivity index (χ2n) is 5.47. The van der Waals surface area contributed by atoms with E-state index in [1.165, 1.54) is 12.1 Å². The summed E-state index contributed by atoms with van der Waals surface area (Å²) in [6, 6.07) is 5.88. The van der Waals surface area contributed by atoms with Crippen molar-refractivity contribution in [2.45, 2.75) is 18.9 Å². The lowest BCUT2D eigenvalue weighted by Gasteiger charge is -2.35. The van der Waals surface area contributed by atoms with Gasteiger partial charge in [-0.2, -0.15) is 0 Å². The lowest BCUT2D eigenvalue weighted by atomic mass is 10.0. The van der Waals surface area contributed by atoms with E-state index in [-0.39, 0.29) is 11.6 Å². The monoisotopic (exact) mass is 316 g/mol. The number of rotatable bonds is 4. The number of piperidine rings is 1. The highest BCUT2D eigenvalue weighted by molar-refractivity contribution is 5.88. The molecule has 1 aliphatic rings. The average molecular weight is 316 g/mol. The van der Waals surface area contributed by atoms with Gasteiger partial charge in [0.1, 0.15) is 5.82 Å². The molecular formula is C16H17FN4O2. The Balaban J connectivity index is 1.72. The first-order valence-electron chi connectivity index (χ1n) is 7.45. The second kappa shape index (κ2) is 6.60. The van der Waals surface area contributed by atoms with Gasteiger partial charge in [0, 0.05) is 31.5 Å². The van der Waals surface area contributed by atoms with Crippen LogP contribution in [-0.2, 0) is 0 Å². The molecule has 0 radical (unpaired) electrons. The number of carboxylic acid groups (broad SMARTS) is 1. The van der Waals surface area contributed by atoms with Crippen molar-refractivity contribution >= 4 is 17.6 Å². The summed E-state index contributed by atoms with van der Waals surface area (Å²) < 4.78 is 14.2.